The van der Waals surface area contributed by atoms with Gasteiger partial charge in [0.2, 0.25) is 5.16 Å². The highest BCUT2D eigenvalue weighted by molar-refractivity contribution is 7.98. The van der Waals surface area contributed by atoms with Crippen molar-refractivity contribution in [1.82, 2.24) is 25.5 Å². The lowest BCUT2D eigenvalue weighted by molar-refractivity contribution is 0.485. The number of thioether (sulfide) groups is 1. The third-order valence-corrected chi connectivity index (χ3v) is 4.10. The molecule has 21 heavy (non-hydrogen) atoms. The minimum atomic E-state index is -0.335. The summed E-state index contributed by atoms with van der Waals surface area (Å²) in [7, 11) is 0. The number of rotatable bonds is 7. The first-order valence-corrected chi connectivity index (χ1v) is 7.99. The van der Waals surface area contributed by atoms with E-state index in [4.69, 9.17) is 11.6 Å². The molecular weight excluding hydrogens is 313 g/mol. The van der Waals surface area contributed by atoms with Gasteiger partial charge in [0.1, 0.15) is 5.82 Å². The summed E-state index contributed by atoms with van der Waals surface area (Å²) in [5.41, 5.74) is 0.859. The highest BCUT2D eigenvalue weighted by Gasteiger charge is 2.09. The lowest BCUT2D eigenvalue weighted by Gasteiger charge is -2.08. The Labute approximate surface area is 132 Å². The van der Waals surface area contributed by atoms with Crippen LogP contribution in [0.3, 0.4) is 0 Å². The van der Waals surface area contributed by atoms with Crippen LogP contribution in [0.1, 0.15) is 19.4 Å². The maximum Gasteiger partial charge on any atom is 0.209 e. The van der Waals surface area contributed by atoms with Crippen LogP contribution >= 0.6 is 23.4 Å². The number of nitrogens with one attached hydrogen (secondary N) is 1. The van der Waals surface area contributed by atoms with Gasteiger partial charge in [0, 0.05) is 23.4 Å². The summed E-state index contributed by atoms with van der Waals surface area (Å²) in [6, 6.07) is 4.82. The Bertz CT molecular complexity index is 590. The van der Waals surface area contributed by atoms with Crippen LogP contribution in [0.25, 0.3) is 0 Å². The average molecular weight is 330 g/mol. The van der Waals surface area contributed by atoms with E-state index in [0.29, 0.717) is 23.4 Å². The van der Waals surface area contributed by atoms with Gasteiger partial charge in [-0.25, -0.2) is 9.07 Å². The Morgan fingerprint density at radius 2 is 2.24 bits per heavy atom. The predicted octanol–water partition coefficient (Wildman–Crippen LogP) is 2.76. The third kappa shape index (κ3) is 4.94. The van der Waals surface area contributed by atoms with E-state index in [9.17, 15) is 4.39 Å². The molecule has 1 aromatic carbocycles. The van der Waals surface area contributed by atoms with Gasteiger partial charge in [-0.1, -0.05) is 43.3 Å². The Hall–Kier alpha value is -1.18. The second-order valence-electron chi connectivity index (χ2n) is 4.82. The van der Waals surface area contributed by atoms with Gasteiger partial charge in [-0.15, -0.1) is 5.10 Å². The van der Waals surface area contributed by atoms with E-state index in [1.165, 1.54) is 23.9 Å². The molecule has 0 atom stereocenters. The van der Waals surface area contributed by atoms with Gasteiger partial charge >= 0.3 is 0 Å². The second kappa shape index (κ2) is 7.72. The highest BCUT2D eigenvalue weighted by Crippen LogP contribution is 2.25. The van der Waals surface area contributed by atoms with E-state index in [1.54, 1.807) is 10.7 Å². The van der Waals surface area contributed by atoms with E-state index >= 15 is 0 Å². The Balaban J connectivity index is 1.92. The zero-order chi connectivity index (χ0) is 15.2. The lowest BCUT2D eigenvalue weighted by atomic mass is 10.2. The highest BCUT2D eigenvalue weighted by atomic mass is 35.5. The molecule has 5 nitrogen and oxygen atoms in total. The van der Waals surface area contributed by atoms with E-state index in [-0.39, 0.29) is 5.82 Å². The van der Waals surface area contributed by atoms with Crippen molar-refractivity contribution in [2.24, 2.45) is 0 Å². The van der Waals surface area contributed by atoms with Gasteiger partial charge in [0.25, 0.3) is 0 Å². The largest absolute Gasteiger partial charge is 0.313 e. The van der Waals surface area contributed by atoms with Gasteiger partial charge < -0.3 is 5.32 Å². The zero-order valence-electron chi connectivity index (χ0n) is 11.9. The summed E-state index contributed by atoms with van der Waals surface area (Å²) in [6.45, 7) is 5.68. The molecule has 2 rings (SSSR count). The van der Waals surface area contributed by atoms with Crippen LogP contribution in [0.5, 0.6) is 0 Å². The van der Waals surface area contributed by atoms with Crippen LogP contribution in [0.2, 0.25) is 5.02 Å². The number of halogens is 2. The Morgan fingerprint density at radius 1 is 1.43 bits per heavy atom. The number of hydrogen-bond acceptors (Lipinski definition) is 5. The zero-order valence-corrected chi connectivity index (χ0v) is 13.5. The maximum absolute atomic E-state index is 13.0. The van der Waals surface area contributed by atoms with E-state index in [1.807, 2.05) is 0 Å². The van der Waals surface area contributed by atoms with Crippen LogP contribution in [-0.2, 0) is 12.3 Å². The number of tetrazole rings is 1. The molecule has 0 bridgehead atoms. The molecule has 0 radical (unpaired) electrons. The van der Waals surface area contributed by atoms with Crippen molar-refractivity contribution in [3.8, 4) is 0 Å². The smallest absolute Gasteiger partial charge is 0.209 e. The molecule has 0 aliphatic heterocycles. The SMILES string of the molecule is CC(C)NCCn1nnnc1SCc1ccc(F)cc1Cl. The molecule has 1 N–H and O–H groups in total. The Morgan fingerprint density at radius 3 is 2.95 bits per heavy atom. The average Bonchev–Trinajstić information content (AvgIpc) is 2.85. The molecule has 1 aromatic heterocycles. The molecule has 114 valence electrons. The molecule has 0 unspecified atom stereocenters. The summed E-state index contributed by atoms with van der Waals surface area (Å²) >= 11 is 7.48. The normalized spacial score (nSPS) is 11.3. The van der Waals surface area contributed by atoms with Gasteiger partial charge in [0.15, 0.2) is 0 Å². The summed E-state index contributed by atoms with van der Waals surface area (Å²) in [6.07, 6.45) is 0. The van der Waals surface area contributed by atoms with E-state index < -0.39 is 0 Å². The summed E-state index contributed by atoms with van der Waals surface area (Å²) < 4.78 is 14.7. The second-order valence-corrected chi connectivity index (χ2v) is 6.17. The van der Waals surface area contributed by atoms with Crippen molar-refractivity contribution in [3.63, 3.8) is 0 Å². The summed E-state index contributed by atoms with van der Waals surface area (Å²) in [5, 5.41) is 16.1. The van der Waals surface area contributed by atoms with Crippen molar-refractivity contribution < 1.29 is 4.39 Å². The fourth-order valence-electron chi connectivity index (χ4n) is 1.68. The molecule has 1 heterocycles. The summed E-state index contributed by atoms with van der Waals surface area (Å²) in [4.78, 5) is 0. The standard InChI is InChI=1S/C13H17ClFN5S/c1-9(2)16-5-6-20-13(17-18-19-20)21-8-10-3-4-11(15)7-12(10)14/h3-4,7,9,16H,5-6,8H2,1-2H3. The molecule has 0 amide bonds. The summed E-state index contributed by atoms with van der Waals surface area (Å²) in [5.74, 6) is 0.259. The Kier molecular flexibility index (Phi) is 5.96. The minimum Gasteiger partial charge on any atom is -0.313 e. The molecule has 0 fully saturated rings. The van der Waals surface area contributed by atoms with Gasteiger partial charge in [-0.2, -0.15) is 0 Å². The van der Waals surface area contributed by atoms with Crippen molar-refractivity contribution in [1.29, 1.82) is 0 Å². The van der Waals surface area contributed by atoms with E-state index in [2.05, 4.69) is 34.7 Å². The van der Waals surface area contributed by atoms with Crippen LogP contribution in [0.4, 0.5) is 4.39 Å². The minimum absolute atomic E-state index is 0.335. The lowest BCUT2D eigenvalue weighted by Crippen LogP contribution is -2.27. The monoisotopic (exact) mass is 329 g/mol. The first-order chi connectivity index (χ1) is 10.1. The fraction of sp³-hybridized carbons (Fsp3) is 0.462. The van der Waals surface area contributed by atoms with Gasteiger partial charge in [-0.05, 0) is 28.1 Å². The molecule has 0 saturated heterocycles. The molecule has 2 aromatic rings. The molecule has 0 aliphatic carbocycles. The maximum atomic E-state index is 13.0. The van der Waals surface area contributed by atoms with Crippen LogP contribution in [0, 0.1) is 5.82 Å². The van der Waals surface area contributed by atoms with Crippen molar-refractivity contribution in [2.45, 2.75) is 37.3 Å². The van der Waals surface area contributed by atoms with Gasteiger partial charge in [0.05, 0.1) is 6.54 Å². The van der Waals surface area contributed by atoms with Crippen molar-refractivity contribution in [3.05, 3.63) is 34.6 Å². The third-order valence-electron chi connectivity index (χ3n) is 2.75. The molecule has 0 aliphatic rings. The quantitative estimate of drug-likeness (QED) is 0.792. The number of hydrogen-bond donors (Lipinski definition) is 1. The van der Waals surface area contributed by atoms with Crippen LogP contribution < -0.4 is 5.32 Å². The topological polar surface area (TPSA) is 55.6 Å². The first-order valence-electron chi connectivity index (χ1n) is 6.62. The number of nitrogens with zero attached hydrogens (tertiary/aromatic N) is 4. The van der Waals surface area contributed by atoms with E-state index in [0.717, 1.165) is 17.3 Å². The van der Waals surface area contributed by atoms with Gasteiger partial charge in [-0.3, -0.25) is 0 Å². The molecule has 8 heteroatoms. The number of aromatic nitrogens is 4. The molecule has 0 spiro atoms. The fourth-order valence-corrected chi connectivity index (χ4v) is 2.90. The predicted molar refractivity (Wildman–Crippen MR) is 81.9 cm³/mol. The van der Waals surface area contributed by atoms with Crippen molar-refractivity contribution >= 4 is 23.4 Å². The number of benzene rings is 1. The molecular formula is C13H17ClFN5S. The van der Waals surface area contributed by atoms with Crippen molar-refractivity contribution in [2.75, 3.05) is 6.54 Å². The van der Waals surface area contributed by atoms with Crippen LogP contribution in [-0.4, -0.2) is 32.8 Å². The first kappa shape index (κ1) is 16.2. The van der Waals surface area contributed by atoms with Crippen LogP contribution in [0.15, 0.2) is 23.4 Å². The molecule has 0 saturated carbocycles.